The highest BCUT2D eigenvalue weighted by molar-refractivity contribution is 7.99. The number of unbranched alkanes of at least 4 members (excludes halogenated alkanes) is 9. The van der Waals surface area contributed by atoms with Crippen LogP contribution in [0.3, 0.4) is 0 Å². The summed E-state index contributed by atoms with van der Waals surface area (Å²) in [6.07, 6.45) is 16.2. The smallest absolute Gasteiger partial charge is 0.309 e. The van der Waals surface area contributed by atoms with Crippen LogP contribution < -0.4 is 0 Å². The van der Waals surface area contributed by atoms with E-state index >= 15 is 0 Å². The molecule has 0 fully saturated rings. The summed E-state index contributed by atoms with van der Waals surface area (Å²) < 4.78 is 0. The average Bonchev–Trinajstić information content (AvgIpc) is 2.94. The Morgan fingerprint density at radius 1 is 0.850 bits per heavy atom. The van der Waals surface area contributed by atoms with Crippen LogP contribution in [0.4, 0.5) is 0 Å². The summed E-state index contributed by atoms with van der Waals surface area (Å²) in [7, 11) is 0. The van der Waals surface area contributed by atoms with Gasteiger partial charge in [-0.25, -0.2) is 0 Å². The van der Waals surface area contributed by atoms with Crippen molar-refractivity contribution in [3.8, 4) is 11.5 Å². The van der Waals surface area contributed by atoms with Crippen molar-refractivity contribution < 1.29 is 20.1 Å². The number of phenolic OH excluding ortho intramolecular Hbond substituents is 2. The third-order valence-corrected chi connectivity index (χ3v) is 10.9. The van der Waals surface area contributed by atoms with Crippen LogP contribution in [0.25, 0.3) is 0 Å². The molecular formula is C35H52O4S. The fourth-order valence-corrected chi connectivity index (χ4v) is 8.04. The van der Waals surface area contributed by atoms with E-state index < -0.39 is 11.4 Å². The van der Waals surface area contributed by atoms with Gasteiger partial charge in [0, 0.05) is 16.1 Å². The first-order chi connectivity index (χ1) is 19.3. The molecule has 1 aliphatic rings. The normalized spacial score (nSPS) is 20.1. The molecule has 5 heteroatoms. The first-order valence-corrected chi connectivity index (χ1v) is 16.7. The summed E-state index contributed by atoms with van der Waals surface area (Å²) in [5.41, 5.74) is 2.03. The Hall–Kier alpha value is -2.14. The summed E-state index contributed by atoms with van der Waals surface area (Å²) in [5, 5.41) is 29.9. The Labute approximate surface area is 247 Å². The SMILES string of the molecule is CCCCCCC(CC)(CCCCCCCCCC1c2ccc(O)cc2SCC1(C)c1ccc(O)cc1)C(=O)O. The minimum Gasteiger partial charge on any atom is -0.508 e. The zero-order valence-electron chi connectivity index (χ0n) is 25.1. The molecule has 2 aromatic carbocycles. The molecule has 4 nitrogen and oxygen atoms in total. The summed E-state index contributed by atoms with van der Waals surface area (Å²) in [6, 6.07) is 13.6. The lowest BCUT2D eigenvalue weighted by Gasteiger charge is -2.43. The molecule has 0 spiro atoms. The molecule has 40 heavy (non-hydrogen) atoms. The molecule has 0 saturated carbocycles. The number of aromatic hydroxyl groups is 2. The van der Waals surface area contributed by atoms with Crippen molar-refractivity contribution in [1.29, 1.82) is 0 Å². The van der Waals surface area contributed by atoms with Crippen LogP contribution in [-0.4, -0.2) is 27.0 Å². The number of aliphatic carboxylic acids is 1. The number of phenols is 2. The van der Waals surface area contributed by atoms with Crippen molar-refractivity contribution in [2.24, 2.45) is 5.41 Å². The fraction of sp³-hybridized carbons (Fsp3) is 0.629. The van der Waals surface area contributed by atoms with Gasteiger partial charge >= 0.3 is 5.97 Å². The van der Waals surface area contributed by atoms with Gasteiger partial charge in [0.25, 0.3) is 0 Å². The second kappa shape index (κ2) is 15.7. The molecule has 3 rings (SSSR count). The molecule has 0 aliphatic carbocycles. The molecule has 3 unspecified atom stereocenters. The van der Waals surface area contributed by atoms with Crippen LogP contribution in [0.2, 0.25) is 0 Å². The first-order valence-electron chi connectivity index (χ1n) is 15.7. The molecule has 0 amide bonds. The van der Waals surface area contributed by atoms with Gasteiger partial charge in [-0.15, -0.1) is 11.8 Å². The number of carbonyl (C=O) groups is 1. The van der Waals surface area contributed by atoms with Crippen molar-refractivity contribution in [3.63, 3.8) is 0 Å². The summed E-state index contributed by atoms with van der Waals surface area (Å²) in [5.74, 6) is 1.35. The maximum absolute atomic E-state index is 12.1. The molecule has 2 aromatic rings. The quantitative estimate of drug-likeness (QED) is 0.156. The van der Waals surface area contributed by atoms with Crippen LogP contribution in [0.5, 0.6) is 11.5 Å². The van der Waals surface area contributed by atoms with Crippen molar-refractivity contribution in [3.05, 3.63) is 53.6 Å². The van der Waals surface area contributed by atoms with E-state index in [4.69, 9.17) is 0 Å². The second-order valence-corrected chi connectivity index (χ2v) is 13.3. The van der Waals surface area contributed by atoms with Gasteiger partial charge in [0.2, 0.25) is 0 Å². The van der Waals surface area contributed by atoms with Gasteiger partial charge in [-0.2, -0.15) is 0 Å². The first kappa shape index (κ1) is 32.4. The molecule has 1 aliphatic heterocycles. The molecule has 0 saturated heterocycles. The lowest BCUT2D eigenvalue weighted by Crippen LogP contribution is -2.36. The van der Waals surface area contributed by atoms with Crippen LogP contribution in [0, 0.1) is 5.41 Å². The van der Waals surface area contributed by atoms with Crippen molar-refractivity contribution in [2.75, 3.05) is 5.75 Å². The van der Waals surface area contributed by atoms with E-state index in [0.29, 0.717) is 17.4 Å². The van der Waals surface area contributed by atoms with E-state index in [1.54, 1.807) is 12.1 Å². The Morgan fingerprint density at radius 3 is 2.02 bits per heavy atom. The molecule has 3 atom stereocenters. The van der Waals surface area contributed by atoms with Crippen molar-refractivity contribution >= 4 is 17.7 Å². The molecule has 222 valence electrons. The topological polar surface area (TPSA) is 77.8 Å². The number of carboxylic acids is 1. The average molecular weight is 569 g/mol. The number of fused-ring (bicyclic) bond motifs is 1. The number of rotatable bonds is 18. The van der Waals surface area contributed by atoms with Crippen LogP contribution in [0.15, 0.2) is 47.4 Å². The molecule has 0 aromatic heterocycles. The lowest BCUT2D eigenvalue weighted by molar-refractivity contribution is -0.150. The third kappa shape index (κ3) is 8.44. The maximum Gasteiger partial charge on any atom is 0.309 e. The Balaban J connectivity index is 1.46. The zero-order chi connectivity index (χ0) is 29.0. The van der Waals surface area contributed by atoms with Crippen LogP contribution in [-0.2, 0) is 10.2 Å². The van der Waals surface area contributed by atoms with E-state index in [-0.39, 0.29) is 5.41 Å². The molecule has 0 radical (unpaired) electrons. The number of hydrogen-bond donors (Lipinski definition) is 3. The highest BCUT2D eigenvalue weighted by atomic mass is 32.2. The largest absolute Gasteiger partial charge is 0.508 e. The predicted octanol–water partition coefficient (Wildman–Crippen LogP) is 10.2. The zero-order valence-corrected chi connectivity index (χ0v) is 25.9. The van der Waals surface area contributed by atoms with Crippen LogP contribution >= 0.6 is 11.8 Å². The Bertz CT molecular complexity index is 1050. The van der Waals surface area contributed by atoms with Gasteiger partial charge in [0.15, 0.2) is 0 Å². The van der Waals surface area contributed by atoms with Gasteiger partial charge in [-0.3, -0.25) is 4.79 Å². The molecule has 1 heterocycles. The van der Waals surface area contributed by atoms with E-state index in [1.165, 1.54) is 61.0 Å². The molecule has 3 N–H and O–H groups in total. The van der Waals surface area contributed by atoms with Gasteiger partial charge in [-0.05, 0) is 67.0 Å². The van der Waals surface area contributed by atoms with Crippen molar-refractivity contribution in [2.45, 2.75) is 133 Å². The summed E-state index contributed by atoms with van der Waals surface area (Å²) in [6.45, 7) is 6.59. The minimum atomic E-state index is -0.594. The van der Waals surface area contributed by atoms with Crippen molar-refractivity contribution in [1.82, 2.24) is 0 Å². The molecular weight excluding hydrogens is 516 g/mol. The van der Waals surface area contributed by atoms with Gasteiger partial charge < -0.3 is 15.3 Å². The predicted molar refractivity (Wildman–Crippen MR) is 168 cm³/mol. The number of carboxylic acid groups (broad SMARTS) is 1. The van der Waals surface area contributed by atoms with Gasteiger partial charge in [0.1, 0.15) is 11.5 Å². The van der Waals surface area contributed by atoms with E-state index in [1.807, 2.05) is 30.8 Å². The highest BCUT2D eigenvalue weighted by Gasteiger charge is 2.41. The summed E-state index contributed by atoms with van der Waals surface area (Å²) >= 11 is 1.82. The minimum absolute atomic E-state index is 0.0329. The third-order valence-electron chi connectivity index (χ3n) is 9.48. The van der Waals surface area contributed by atoms with E-state index in [9.17, 15) is 20.1 Å². The van der Waals surface area contributed by atoms with E-state index in [2.05, 4.69) is 32.0 Å². The van der Waals surface area contributed by atoms with E-state index in [0.717, 1.165) is 57.1 Å². The Kier molecular flexibility index (Phi) is 12.7. The fourth-order valence-electron chi connectivity index (χ4n) is 6.64. The number of benzene rings is 2. The summed E-state index contributed by atoms with van der Waals surface area (Å²) in [4.78, 5) is 13.3. The van der Waals surface area contributed by atoms with Crippen LogP contribution in [0.1, 0.15) is 134 Å². The lowest BCUT2D eigenvalue weighted by atomic mass is 9.68. The standard InChI is InChI=1S/C35H52O4S/c1-4-6-7-14-23-35(5-2,33(38)39)24-15-12-10-8-9-11-13-16-31-30-22-21-29(37)25-32(30)40-26-34(31,3)27-17-19-28(36)20-18-27/h17-22,25,31,36-37H,4-16,23-24,26H2,1-3H3,(H,38,39). The monoisotopic (exact) mass is 568 g/mol. The highest BCUT2D eigenvalue weighted by Crippen LogP contribution is 2.52. The maximum atomic E-state index is 12.1. The second-order valence-electron chi connectivity index (χ2n) is 12.3. The number of thioether (sulfide) groups is 1. The van der Waals surface area contributed by atoms with Gasteiger partial charge in [0.05, 0.1) is 5.41 Å². The Morgan fingerprint density at radius 2 is 1.43 bits per heavy atom. The number of hydrogen-bond acceptors (Lipinski definition) is 4. The van der Waals surface area contributed by atoms with Gasteiger partial charge in [-0.1, -0.05) is 110 Å². The molecule has 0 bridgehead atoms.